The van der Waals surface area contributed by atoms with E-state index >= 15 is 0 Å². The van der Waals surface area contributed by atoms with E-state index in [9.17, 15) is 9.90 Å². The molecule has 0 aromatic heterocycles. The molecule has 0 aliphatic heterocycles. The molecule has 8 unspecified atom stereocenters. The van der Waals surface area contributed by atoms with Crippen LogP contribution in [0.2, 0.25) is 0 Å². The van der Waals surface area contributed by atoms with E-state index in [1.165, 1.54) is 64.2 Å². The third-order valence-electron chi connectivity index (χ3n) is 10.1. The monoisotopic (exact) mass is 390 g/mol. The maximum absolute atomic E-state index is 11.2. The Morgan fingerprint density at radius 2 is 1.64 bits per heavy atom. The average Bonchev–Trinajstić information content (AvgIpc) is 3.03. The summed E-state index contributed by atoms with van der Waals surface area (Å²) in [6.07, 6.45) is 16.6. The van der Waals surface area contributed by atoms with E-state index in [-0.39, 0.29) is 5.92 Å². The molecule has 0 spiro atoms. The van der Waals surface area contributed by atoms with Crippen LogP contribution in [0.3, 0.4) is 0 Å². The Labute approximate surface area is 174 Å². The van der Waals surface area contributed by atoms with Gasteiger partial charge in [0.25, 0.3) is 0 Å². The fourth-order valence-electron chi connectivity index (χ4n) is 8.45. The standard InChI is InChI=1S/C24H40O2.C2H6/c1-16(22(25)26)7-8-18-10-12-20-19-11-9-17-6-4-5-14-23(17,2)21(19)13-15-24(18,20)3;1-2/h16-21H,4-15H2,1-3H3,(H,25,26);1-2H3. The van der Waals surface area contributed by atoms with Crippen molar-refractivity contribution in [1.82, 2.24) is 0 Å². The van der Waals surface area contributed by atoms with Crippen LogP contribution in [0.1, 0.15) is 112 Å². The second kappa shape index (κ2) is 8.68. The van der Waals surface area contributed by atoms with Gasteiger partial charge in [0.2, 0.25) is 0 Å². The summed E-state index contributed by atoms with van der Waals surface area (Å²) in [5, 5.41) is 9.25. The first-order valence-electron chi connectivity index (χ1n) is 12.6. The number of rotatable bonds is 4. The molecule has 4 fully saturated rings. The van der Waals surface area contributed by atoms with Crippen LogP contribution < -0.4 is 0 Å². The Kier molecular flexibility index (Phi) is 6.87. The zero-order valence-corrected chi connectivity index (χ0v) is 19.3. The molecule has 4 saturated carbocycles. The number of hydrogen-bond acceptors (Lipinski definition) is 1. The molecule has 4 aliphatic rings. The Balaban J connectivity index is 0.00000109. The minimum absolute atomic E-state index is 0.175. The highest BCUT2D eigenvalue weighted by Crippen LogP contribution is 2.67. The molecule has 0 radical (unpaired) electrons. The number of fused-ring (bicyclic) bond motifs is 5. The van der Waals surface area contributed by atoms with Crippen molar-refractivity contribution in [3.05, 3.63) is 0 Å². The Hall–Kier alpha value is -0.530. The van der Waals surface area contributed by atoms with E-state index in [0.29, 0.717) is 10.8 Å². The number of carbonyl (C=O) groups is 1. The van der Waals surface area contributed by atoms with E-state index < -0.39 is 5.97 Å². The maximum Gasteiger partial charge on any atom is 0.306 e. The molecular weight excluding hydrogens is 344 g/mol. The summed E-state index contributed by atoms with van der Waals surface area (Å²) in [5.41, 5.74) is 1.13. The van der Waals surface area contributed by atoms with Gasteiger partial charge in [-0.25, -0.2) is 0 Å². The minimum atomic E-state index is -0.614. The molecule has 0 bridgehead atoms. The lowest BCUT2D eigenvalue weighted by molar-refractivity contribution is -0.141. The first-order chi connectivity index (χ1) is 13.4. The van der Waals surface area contributed by atoms with Gasteiger partial charge in [-0.2, -0.15) is 0 Å². The lowest BCUT2D eigenvalue weighted by atomic mass is 9.45. The summed E-state index contributed by atoms with van der Waals surface area (Å²) >= 11 is 0. The maximum atomic E-state index is 11.2. The van der Waals surface area contributed by atoms with Crippen molar-refractivity contribution < 1.29 is 9.90 Å². The van der Waals surface area contributed by atoms with E-state index in [0.717, 1.165) is 42.4 Å². The van der Waals surface area contributed by atoms with Crippen molar-refractivity contribution in [3.63, 3.8) is 0 Å². The predicted molar refractivity (Wildman–Crippen MR) is 117 cm³/mol. The number of hydrogen-bond donors (Lipinski definition) is 1. The summed E-state index contributed by atoms with van der Waals surface area (Å²) in [5.74, 6) is 3.86. The summed E-state index contributed by atoms with van der Waals surface area (Å²) in [6, 6.07) is 0. The summed E-state index contributed by atoms with van der Waals surface area (Å²) in [7, 11) is 0. The van der Waals surface area contributed by atoms with Gasteiger partial charge in [-0.05, 0) is 105 Å². The van der Waals surface area contributed by atoms with Crippen LogP contribution in [0.4, 0.5) is 0 Å². The van der Waals surface area contributed by atoms with Crippen LogP contribution in [0.15, 0.2) is 0 Å². The molecule has 1 N–H and O–H groups in total. The summed E-state index contributed by atoms with van der Waals surface area (Å²) in [4.78, 5) is 11.2. The SMILES string of the molecule is CC.CC(CCC1CCC2C3CCC4CCCCC4(C)C3CCC12C)C(=O)O. The van der Waals surface area contributed by atoms with Crippen molar-refractivity contribution in [2.75, 3.05) is 0 Å². The lowest BCUT2D eigenvalue weighted by Crippen LogP contribution is -2.52. The Morgan fingerprint density at radius 1 is 0.929 bits per heavy atom. The van der Waals surface area contributed by atoms with Gasteiger partial charge in [0.15, 0.2) is 0 Å². The Morgan fingerprint density at radius 3 is 2.36 bits per heavy atom. The topological polar surface area (TPSA) is 37.3 Å². The third-order valence-corrected chi connectivity index (χ3v) is 10.1. The van der Waals surface area contributed by atoms with Gasteiger partial charge >= 0.3 is 5.97 Å². The largest absolute Gasteiger partial charge is 0.481 e. The molecule has 8 atom stereocenters. The highest BCUT2D eigenvalue weighted by atomic mass is 16.4. The van der Waals surface area contributed by atoms with Crippen molar-refractivity contribution in [1.29, 1.82) is 0 Å². The van der Waals surface area contributed by atoms with Crippen LogP contribution in [0.25, 0.3) is 0 Å². The molecule has 0 saturated heterocycles. The first kappa shape index (κ1) is 22.2. The van der Waals surface area contributed by atoms with Crippen LogP contribution in [0.5, 0.6) is 0 Å². The molecule has 4 aliphatic carbocycles. The molecule has 0 amide bonds. The molecular formula is C26H46O2. The van der Waals surface area contributed by atoms with Crippen LogP contribution in [-0.4, -0.2) is 11.1 Å². The highest BCUT2D eigenvalue weighted by Gasteiger charge is 2.59. The van der Waals surface area contributed by atoms with Gasteiger partial charge < -0.3 is 5.11 Å². The van der Waals surface area contributed by atoms with Crippen molar-refractivity contribution in [2.45, 2.75) is 112 Å². The molecule has 162 valence electrons. The molecule has 2 nitrogen and oxygen atoms in total. The van der Waals surface area contributed by atoms with Gasteiger partial charge in [0.05, 0.1) is 5.92 Å². The molecule has 4 rings (SSSR count). The van der Waals surface area contributed by atoms with Crippen molar-refractivity contribution >= 4 is 5.97 Å². The molecule has 0 aromatic rings. The van der Waals surface area contributed by atoms with Crippen molar-refractivity contribution in [3.8, 4) is 0 Å². The number of carboxylic acids is 1. The summed E-state index contributed by atoms with van der Waals surface area (Å²) < 4.78 is 0. The zero-order chi connectivity index (χ0) is 20.5. The highest BCUT2D eigenvalue weighted by molar-refractivity contribution is 5.69. The molecule has 28 heavy (non-hydrogen) atoms. The zero-order valence-electron chi connectivity index (χ0n) is 19.3. The second-order valence-corrected chi connectivity index (χ2v) is 11.0. The van der Waals surface area contributed by atoms with Gasteiger partial charge in [-0.15, -0.1) is 0 Å². The average molecular weight is 391 g/mol. The smallest absolute Gasteiger partial charge is 0.306 e. The fraction of sp³-hybridized carbons (Fsp3) is 0.962. The van der Waals surface area contributed by atoms with E-state index in [1.54, 1.807) is 0 Å². The fourth-order valence-corrected chi connectivity index (χ4v) is 8.45. The van der Waals surface area contributed by atoms with Crippen LogP contribution in [0, 0.1) is 46.3 Å². The van der Waals surface area contributed by atoms with Crippen LogP contribution in [-0.2, 0) is 4.79 Å². The normalized spacial score (nSPS) is 45.7. The quantitative estimate of drug-likeness (QED) is 0.537. The van der Waals surface area contributed by atoms with Gasteiger partial charge in [0.1, 0.15) is 0 Å². The van der Waals surface area contributed by atoms with Gasteiger partial charge in [-0.3, -0.25) is 4.79 Å². The van der Waals surface area contributed by atoms with E-state index in [1.807, 2.05) is 20.8 Å². The van der Waals surface area contributed by atoms with Crippen LogP contribution >= 0.6 is 0 Å². The number of carboxylic acid groups (broad SMARTS) is 1. The van der Waals surface area contributed by atoms with Crippen molar-refractivity contribution in [2.24, 2.45) is 46.3 Å². The third kappa shape index (κ3) is 3.67. The Bertz CT molecular complexity index is 543. The molecule has 0 heterocycles. The first-order valence-corrected chi connectivity index (χ1v) is 12.6. The predicted octanol–water partition coefficient (Wildman–Crippen LogP) is 7.56. The van der Waals surface area contributed by atoms with E-state index in [2.05, 4.69) is 13.8 Å². The summed E-state index contributed by atoms with van der Waals surface area (Å²) in [6.45, 7) is 11.1. The van der Waals surface area contributed by atoms with Gasteiger partial charge in [-0.1, -0.05) is 47.5 Å². The lowest BCUT2D eigenvalue weighted by Gasteiger charge is -2.60. The molecule has 2 heteroatoms. The second-order valence-electron chi connectivity index (χ2n) is 11.0. The number of aliphatic carboxylic acids is 1. The minimum Gasteiger partial charge on any atom is -0.481 e. The molecule has 0 aromatic carbocycles. The van der Waals surface area contributed by atoms with Gasteiger partial charge in [0, 0.05) is 0 Å². The van der Waals surface area contributed by atoms with E-state index in [4.69, 9.17) is 0 Å².